The van der Waals surface area contributed by atoms with Gasteiger partial charge in [-0.15, -0.1) is 0 Å². The van der Waals surface area contributed by atoms with Gasteiger partial charge >= 0.3 is 11.9 Å². The topological polar surface area (TPSA) is 55.8 Å². The molecule has 0 aromatic heterocycles. The van der Waals surface area contributed by atoms with Crippen LogP contribution in [0.3, 0.4) is 0 Å². The van der Waals surface area contributed by atoms with E-state index in [1.54, 1.807) is 0 Å². The summed E-state index contributed by atoms with van der Waals surface area (Å²) in [5.74, 6) is -0.573. The van der Waals surface area contributed by atoms with Crippen LogP contribution in [0.5, 0.6) is 0 Å². The van der Waals surface area contributed by atoms with Gasteiger partial charge in [-0.2, -0.15) is 0 Å². The Bertz CT molecular complexity index is 580. The maximum absolute atomic E-state index is 12.7. The summed E-state index contributed by atoms with van der Waals surface area (Å²) in [5, 5.41) is 0. The molecule has 3 unspecified atom stereocenters. The Morgan fingerprint density at radius 1 is 0.550 bits per heavy atom. The number of carbonyl (C=O) groups excluding carboxylic acids is 2. The SMILES string of the molecule is CCCCCCCCCCCCCCC(C)C(=O)OCC(CCCCCCCCC)OC(=O)C(C)CCN(C)C. The number of hydrogen-bond acceptors (Lipinski definition) is 5. The molecule has 5 nitrogen and oxygen atoms in total. The second-order valence-corrected chi connectivity index (χ2v) is 12.7. The summed E-state index contributed by atoms with van der Waals surface area (Å²) in [6, 6.07) is 0. The molecule has 0 saturated heterocycles. The van der Waals surface area contributed by atoms with E-state index in [4.69, 9.17) is 9.47 Å². The van der Waals surface area contributed by atoms with Gasteiger partial charge in [0.15, 0.2) is 0 Å². The zero-order valence-electron chi connectivity index (χ0n) is 27.8. The van der Waals surface area contributed by atoms with Gasteiger partial charge in [-0.05, 0) is 46.3 Å². The summed E-state index contributed by atoms with van der Waals surface area (Å²) in [4.78, 5) is 27.5. The molecule has 0 aliphatic carbocycles. The molecule has 0 bridgehead atoms. The lowest BCUT2D eigenvalue weighted by atomic mass is 10.0. The minimum atomic E-state index is -0.340. The van der Waals surface area contributed by atoms with E-state index >= 15 is 0 Å². The summed E-state index contributed by atoms with van der Waals surface area (Å²) in [7, 11) is 4.03. The van der Waals surface area contributed by atoms with Crippen molar-refractivity contribution in [2.75, 3.05) is 27.2 Å². The molecule has 0 aromatic rings. The predicted octanol–water partition coefficient (Wildman–Crippen LogP) is 9.90. The van der Waals surface area contributed by atoms with Crippen molar-refractivity contribution in [3.05, 3.63) is 0 Å². The Balaban J connectivity index is 4.27. The lowest BCUT2D eigenvalue weighted by Gasteiger charge is -2.22. The van der Waals surface area contributed by atoms with Crippen LogP contribution in [-0.2, 0) is 19.1 Å². The van der Waals surface area contributed by atoms with E-state index in [0.29, 0.717) is 0 Å². The van der Waals surface area contributed by atoms with Gasteiger partial charge in [0.2, 0.25) is 0 Å². The molecule has 5 heteroatoms. The molecule has 0 fully saturated rings. The third kappa shape index (κ3) is 24.7. The summed E-state index contributed by atoms with van der Waals surface area (Å²) >= 11 is 0. The van der Waals surface area contributed by atoms with Gasteiger partial charge in [0, 0.05) is 0 Å². The van der Waals surface area contributed by atoms with E-state index in [1.165, 1.54) is 103 Å². The lowest BCUT2D eigenvalue weighted by molar-refractivity contribution is -0.164. The van der Waals surface area contributed by atoms with Gasteiger partial charge in [-0.3, -0.25) is 9.59 Å². The van der Waals surface area contributed by atoms with Crippen molar-refractivity contribution in [2.45, 2.75) is 175 Å². The van der Waals surface area contributed by atoms with Gasteiger partial charge in [0.05, 0.1) is 11.8 Å². The van der Waals surface area contributed by atoms with Crippen LogP contribution in [0.15, 0.2) is 0 Å². The largest absolute Gasteiger partial charge is 0.462 e. The van der Waals surface area contributed by atoms with Crippen LogP contribution in [0, 0.1) is 11.8 Å². The van der Waals surface area contributed by atoms with E-state index in [0.717, 1.165) is 45.1 Å². The van der Waals surface area contributed by atoms with Crippen LogP contribution in [-0.4, -0.2) is 50.2 Å². The van der Waals surface area contributed by atoms with Crippen molar-refractivity contribution >= 4 is 11.9 Å². The van der Waals surface area contributed by atoms with Crippen LogP contribution in [0.25, 0.3) is 0 Å². The number of hydrogen-bond donors (Lipinski definition) is 0. The molecule has 0 aliphatic rings. The number of carbonyl (C=O) groups is 2. The Hall–Kier alpha value is -1.10. The zero-order chi connectivity index (χ0) is 29.8. The van der Waals surface area contributed by atoms with Gasteiger partial charge in [0.1, 0.15) is 12.7 Å². The summed E-state index contributed by atoms with van der Waals surface area (Å²) < 4.78 is 11.6. The summed E-state index contributed by atoms with van der Waals surface area (Å²) in [6.07, 6.45) is 26.4. The second-order valence-electron chi connectivity index (χ2n) is 12.7. The fraction of sp³-hybridized carbons (Fsp3) is 0.943. The monoisotopic (exact) mass is 568 g/mol. The highest BCUT2D eigenvalue weighted by Gasteiger charge is 2.22. The number of esters is 2. The van der Waals surface area contributed by atoms with Crippen molar-refractivity contribution in [1.29, 1.82) is 0 Å². The van der Waals surface area contributed by atoms with E-state index < -0.39 is 0 Å². The van der Waals surface area contributed by atoms with Crippen LogP contribution in [0.4, 0.5) is 0 Å². The number of rotatable bonds is 29. The van der Waals surface area contributed by atoms with Gasteiger partial charge in [-0.25, -0.2) is 0 Å². The third-order valence-electron chi connectivity index (χ3n) is 8.13. The molecule has 0 aliphatic heterocycles. The quantitative estimate of drug-likeness (QED) is 0.0665. The first-order valence-corrected chi connectivity index (χ1v) is 17.3. The smallest absolute Gasteiger partial charge is 0.309 e. The molecular weight excluding hydrogens is 498 g/mol. The Morgan fingerprint density at radius 3 is 1.40 bits per heavy atom. The average molecular weight is 568 g/mol. The Kier molecular flexibility index (Phi) is 27.3. The van der Waals surface area contributed by atoms with Crippen LogP contribution >= 0.6 is 0 Å². The molecule has 3 atom stereocenters. The Morgan fingerprint density at radius 2 is 0.950 bits per heavy atom. The predicted molar refractivity (Wildman–Crippen MR) is 171 cm³/mol. The first kappa shape index (κ1) is 38.9. The first-order valence-electron chi connectivity index (χ1n) is 17.3. The Labute approximate surface area is 249 Å². The third-order valence-corrected chi connectivity index (χ3v) is 8.13. The molecule has 0 radical (unpaired) electrons. The maximum atomic E-state index is 12.7. The minimum absolute atomic E-state index is 0.1000. The molecule has 0 spiro atoms. The molecule has 0 N–H and O–H groups in total. The standard InChI is InChI=1S/C35H69NO4/c1-7-9-11-13-15-16-17-18-19-21-22-24-26-31(3)34(37)39-30-33(27-25-23-20-14-12-10-8-2)40-35(38)32(4)28-29-36(5)6/h31-33H,7-30H2,1-6H3. The van der Waals surface area contributed by atoms with E-state index in [1.807, 2.05) is 27.9 Å². The van der Waals surface area contributed by atoms with Crippen LogP contribution < -0.4 is 0 Å². The number of unbranched alkanes of at least 4 members (excludes halogenated alkanes) is 17. The second kappa shape index (κ2) is 28.0. The average Bonchev–Trinajstić information content (AvgIpc) is 2.93. The highest BCUT2D eigenvalue weighted by molar-refractivity contribution is 5.73. The minimum Gasteiger partial charge on any atom is -0.462 e. The van der Waals surface area contributed by atoms with Crippen LogP contribution in [0.1, 0.15) is 169 Å². The van der Waals surface area contributed by atoms with Gasteiger partial charge < -0.3 is 14.4 Å². The zero-order valence-corrected chi connectivity index (χ0v) is 27.8. The van der Waals surface area contributed by atoms with Crippen molar-refractivity contribution in [2.24, 2.45) is 11.8 Å². The van der Waals surface area contributed by atoms with Crippen molar-refractivity contribution in [1.82, 2.24) is 4.90 Å². The van der Waals surface area contributed by atoms with Crippen molar-refractivity contribution in [3.8, 4) is 0 Å². The number of ether oxygens (including phenoxy) is 2. The van der Waals surface area contributed by atoms with E-state index in [9.17, 15) is 9.59 Å². The van der Waals surface area contributed by atoms with E-state index in [2.05, 4.69) is 18.7 Å². The number of nitrogens with zero attached hydrogens (tertiary/aromatic N) is 1. The molecule has 40 heavy (non-hydrogen) atoms. The molecule has 0 rings (SSSR count). The summed E-state index contributed by atoms with van der Waals surface area (Å²) in [6.45, 7) is 9.45. The van der Waals surface area contributed by atoms with E-state index in [-0.39, 0.29) is 36.5 Å². The van der Waals surface area contributed by atoms with Gasteiger partial charge in [0.25, 0.3) is 0 Å². The first-order chi connectivity index (χ1) is 19.3. The molecule has 0 saturated carbocycles. The highest BCUT2D eigenvalue weighted by Crippen LogP contribution is 2.18. The molecule has 0 heterocycles. The van der Waals surface area contributed by atoms with Gasteiger partial charge in [-0.1, -0.05) is 143 Å². The molecular formula is C35H69NO4. The van der Waals surface area contributed by atoms with Crippen LogP contribution in [0.2, 0.25) is 0 Å². The molecule has 238 valence electrons. The molecule has 0 aromatic carbocycles. The van der Waals surface area contributed by atoms with Crippen molar-refractivity contribution in [3.63, 3.8) is 0 Å². The fourth-order valence-electron chi connectivity index (χ4n) is 5.08. The molecule has 0 amide bonds. The fourth-order valence-corrected chi connectivity index (χ4v) is 5.08. The van der Waals surface area contributed by atoms with Crippen molar-refractivity contribution < 1.29 is 19.1 Å². The normalized spacial score (nSPS) is 13.8. The summed E-state index contributed by atoms with van der Waals surface area (Å²) in [5.41, 5.74) is 0. The highest BCUT2D eigenvalue weighted by atomic mass is 16.6. The maximum Gasteiger partial charge on any atom is 0.309 e. The lowest BCUT2D eigenvalue weighted by Crippen LogP contribution is -2.30.